The van der Waals surface area contributed by atoms with Crippen molar-refractivity contribution in [2.24, 2.45) is 18.7 Å². The summed E-state index contributed by atoms with van der Waals surface area (Å²) >= 11 is 5.87. The number of nitrogens with two attached hydrogens (primary N) is 1. The van der Waals surface area contributed by atoms with E-state index in [4.69, 9.17) is 22.1 Å². The van der Waals surface area contributed by atoms with Crippen LogP contribution in [0.4, 0.5) is 4.39 Å². The Hall–Kier alpha value is -3.74. The molecule has 0 spiro atoms. The average Bonchev–Trinajstić information content (AvgIpc) is 3.41. The van der Waals surface area contributed by atoms with Crippen LogP contribution >= 0.6 is 11.6 Å². The molecule has 0 unspecified atom stereocenters. The van der Waals surface area contributed by atoms with Crippen LogP contribution in [0.25, 0.3) is 28.0 Å². The Morgan fingerprint density at radius 2 is 2.24 bits per heavy atom. The number of rotatable bonds is 7. The zero-order chi connectivity index (χ0) is 24.4. The predicted octanol–water partition coefficient (Wildman–Crippen LogP) is 4.05. The van der Waals surface area contributed by atoms with Gasteiger partial charge in [0.05, 0.1) is 33.6 Å². The van der Waals surface area contributed by atoms with Crippen molar-refractivity contribution in [2.75, 3.05) is 0 Å². The Balaban J connectivity index is 1.83. The van der Waals surface area contributed by atoms with E-state index in [1.54, 1.807) is 36.1 Å². The smallest absolute Gasteiger partial charge is 0.272 e. The van der Waals surface area contributed by atoms with E-state index in [1.807, 2.05) is 13.0 Å². The number of aromatic nitrogens is 4. The molecule has 0 bridgehead atoms. The van der Waals surface area contributed by atoms with Gasteiger partial charge in [-0.1, -0.05) is 24.6 Å². The van der Waals surface area contributed by atoms with Crippen LogP contribution in [0.3, 0.4) is 0 Å². The van der Waals surface area contributed by atoms with Crippen LogP contribution in [-0.4, -0.2) is 26.1 Å². The van der Waals surface area contributed by atoms with E-state index in [-0.39, 0.29) is 40.9 Å². The number of ether oxygens (including phenoxy) is 1. The first kappa shape index (κ1) is 23.4. The van der Waals surface area contributed by atoms with Crippen molar-refractivity contribution in [3.63, 3.8) is 0 Å². The molecule has 2 heterocycles. The summed E-state index contributed by atoms with van der Waals surface area (Å²) < 4.78 is 20.5. The Morgan fingerprint density at radius 1 is 1.47 bits per heavy atom. The molecule has 1 saturated carbocycles. The maximum atomic E-state index is 12.9. The summed E-state index contributed by atoms with van der Waals surface area (Å²) in [6, 6.07) is 7.44. The molecular weight excluding hydrogens is 459 g/mol. The van der Waals surface area contributed by atoms with Crippen LogP contribution in [0.5, 0.6) is 0 Å². The van der Waals surface area contributed by atoms with E-state index >= 15 is 0 Å². The van der Waals surface area contributed by atoms with Crippen molar-refractivity contribution in [3.8, 4) is 17.2 Å². The third-order valence-electron chi connectivity index (χ3n) is 5.71. The van der Waals surface area contributed by atoms with Crippen molar-refractivity contribution in [2.45, 2.75) is 26.0 Å². The number of nitriles is 1. The number of nitrogens with zero attached hydrogens (tertiary/aromatic N) is 4. The maximum absolute atomic E-state index is 12.9. The largest absolute Gasteiger partial charge is 0.489 e. The highest BCUT2D eigenvalue weighted by Crippen LogP contribution is 2.37. The van der Waals surface area contributed by atoms with Gasteiger partial charge in [-0.25, -0.2) is 9.49 Å². The highest BCUT2D eigenvalue weighted by atomic mass is 35.5. The fourth-order valence-corrected chi connectivity index (χ4v) is 3.72. The van der Waals surface area contributed by atoms with E-state index in [2.05, 4.69) is 21.4 Å². The molecule has 0 aliphatic heterocycles. The molecule has 0 saturated heterocycles. The number of nitrogens with one attached hydrogen (secondary N) is 1. The minimum atomic E-state index is -0.309. The van der Waals surface area contributed by atoms with Gasteiger partial charge in [0.2, 0.25) is 0 Å². The first-order valence-electron chi connectivity index (χ1n) is 10.6. The SMILES string of the molecule is C[C@H]1C[C@@H]1OC(=C/C(Cl)=C/F)/C(C#N)=C/c1c(-c2ccc3c(=O)[nH]nc(CN)c3c2)cnn1C. The predicted molar refractivity (Wildman–Crippen MR) is 128 cm³/mol. The standard InChI is InChI=1S/C24H22ClFN6O2/c1-13-5-22(13)34-23(8-16(25)9-26)15(10-27)7-21-19(12-29-32(21)2)14-3-4-17-18(6-14)20(11-28)30-31-24(17)33/h3-4,6-9,12-13,22H,5,11,28H2,1-2H3,(H,31,33)/b15-7+,16-9-,23-8+/t13-,22-/m0/s1. The van der Waals surface area contributed by atoms with Crippen LogP contribution in [-0.2, 0) is 18.3 Å². The molecule has 0 radical (unpaired) electrons. The highest BCUT2D eigenvalue weighted by molar-refractivity contribution is 6.31. The van der Waals surface area contributed by atoms with Gasteiger partial charge in [0.25, 0.3) is 5.56 Å². The van der Waals surface area contributed by atoms with Crippen molar-refractivity contribution in [1.29, 1.82) is 5.26 Å². The van der Waals surface area contributed by atoms with Crippen LogP contribution in [0, 0.1) is 17.2 Å². The number of fused-ring (bicyclic) bond motifs is 1. The molecule has 1 fully saturated rings. The Labute approximate surface area is 199 Å². The van der Waals surface area contributed by atoms with Gasteiger partial charge < -0.3 is 10.5 Å². The number of H-pyrrole nitrogens is 1. The molecule has 3 N–H and O–H groups in total. The fourth-order valence-electron chi connectivity index (χ4n) is 3.63. The summed E-state index contributed by atoms with van der Waals surface area (Å²) in [5, 5.41) is 21.6. The quantitative estimate of drug-likeness (QED) is 0.299. The lowest BCUT2D eigenvalue weighted by molar-refractivity contribution is 0.195. The summed E-state index contributed by atoms with van der Waals surface area (Å²) in [4.78, 5) is 12.2. The molecule has 10 heteroatoms. The van der Waals surface area contributed by atoms with Crippen LogP contribution in [0.1, 0.15) is 24.7 Å². The highest BCUT2D eigenvalue weighted by Gasteiger charge is 2.36. The molecular formula is C24H22ClFN6O2. The van der Waals surface area contributed by atoms with Gasteiger partial charge in [0.15, 0.2) is 0 Å². The maximum Gasteiger partial charge on any atom is 0.272 e. The number of aromatic amines is 1. The van der Waals surface area contributed by atoms with E-state index < -0.39 is 0 Å². The number of hydrogen-bond acceptors (Lipinski definition) is 6. The molecule has 3 aromatic rings. The molecule has 4 rings (SSSR count). The average molecular weight is 481 g/mol. The third-order valence-corrected chi connectivity index (χ3v) is 5.90. The Kier molecular flexibility index (Phi) is 6.63. The van der Waals surface area contributed by atoms with Gasteiger partial charge in [-0.2, -0.15) is 15.5 Å². The number of allylic oxidation sites excluding steroid dienone is 3. The molecule has 0 amide bonds. The number of aryl methyl sites for hydroxylation is 1. The van der Waals surface area contributed by atoms with E-state index in [0.29, 0.717) is 33.6 Å². The summed E-state index contributed by atoms with van der Waals surface area (Å²) in [6.45, 7) is 2.18. The molecule has 1 aliphatic rings. The fraction of sp³-hybridized carbons (Fsp3) is 0.250. The van der Waals surface area contributed by atoms with Crippen LogP contribution < -0.4 is 11.3 Å². The normalized spacial score (nSPS) is 18.8. The van der Waals surface area contributed by atoms with Gasteiger partial charge in [0.1, 0.15) is 24.3 Å². The van der Waals surface area contributed by atoms with E-state index in [1.165, 1.54) is 6.08 Å². The summed E-state index contributed by atoms with van der Waals surface area (Å²) in [5.74, 6) is 0.525. The van der Waals surface area contributed by atoms with Gasteiger partial charge in [0, 0.05) is 30.6 Å². The minimum Gasteiger partial charge on any atom is -0.489 e. The Morgan fingerprint density at radius 3 is 2.88 bits per heavy atom. The molecule has 2 aromatic heterocycles. The molecule has 1 aromatic carbocycles. The third kappa shape index (κ3) is 4.64. The first-order valence-corrected chi connectivity index (χ1v) is 10.9. The van der Waals surface area contributed by atoms with Crippen molar-refractivity contribution < 1.29 is 9.13 Å². The van der Waals surface area contributed by atoms with E-state index in [0.717, 1.165) is 12.0 Å². The van der Waals surface area contributed by atoms with Crippen molar-refractivity contribution in [1.82, 2.24) is 20.0 Å². The molecule has 8 nitrogen and oxygen atoms in total. The second kappa shape index (κ2) is 9.63. The molecule has 1 aliphatic carbocycles. The minimum absolute atomic E-state index is 0.0566. The zero-order valence-electron chi connectivity index (χ0n) is 18.5. The van der Waals surface area contributed by atoms with Gasteiger partial charge >= 0.3 is 0 Å². The molecule has 174 valence electrons. The number of benzene rings is 1. The zero-order valence-corrected chi connectivity index (χ0v) is 19.3. The summed E-state index contributed by atoms with van der Waals surface area (Å²) in [7, 11) is 1.74. The second-order valence-corrected chi connectivity index (χ2v) is 8.51. The lowest BCUT2D eigenvalue weighted by Gasteiger charge is -2.11. The number of halogens is 2. The van der Waals surface area contributed by atoms with Gasteiger partial charge in [-0.15, -0.1) is 0 Å². The lowest BCUT2D eigenvalue weighted by atomic mass is 10.0. The summed E-state index contributed by atoms with van der Waals surface area (Å²) in [5.41, 5.74) is 8.31. The van der Waals surface area contributed by atoms with Crippen molar-refractivity contribution in [3.05, 3.63) is 74.9 Å². The first-order chi connectivity index (χ1) is 16.4. The lowest BCUT2D eigenvalue weighted by Crippen LogP contribution is -2.13. The van der Waals surface area contributed by atoms with E-state index in [9.17, 15) is 14.4 Å². The molecule has 2 atom stereocenters. The molecule has 34 heavy (non-hydrogen) atoms. The van der Waals surface area contributed by atoms with Gasteiger partial charge in [-0.3, -0.25) is 9.48 Å². The van der Waals surface area contributed by atoms with Crippen LogP contribution in [0.2, 0.25) is 0 Å². The van der Waals surface area contributed by atoms with Crippen LogP contribution in [0.15, 0.2) is 58.0 Å². The van der Waals surface area contributed by atoms with Gasteiger partial charge in [-0.05, 0) is 36.1 Å². The summed E-state index contributed by atoms with van der Waals surface area (Å²) in [6.07, 6.45) is 5.60. The number of hydrogen-bond donors (Lipinski definition) is 2. The monoisotopic (exact) mass is 480 g/mol. The van der Waals surface area contributed by atoms with Crippen molar-refractivity contribution >= 4 is 28.4 Å². The Bertz CT molecular complexity index is 1450. The second-order valence-electron chi connectivity index (χ2n) is 8.07. The topological polar surface area (TPSA) is 123 Å².